The Morgan fingerprint density at radius 3 is 2.75 bits per heavy atom. The van der Waals surface area contributed by atoms with Crippen molar-refractivity contribution in [2.24, 2.45) is 4.99 Å². The third kappa shape index (κ3) is 4.97. The molecule has 0 radical (unpaired) electrons. The fourth-order valence-electron chi connectivity index (χ4n) is 0.526. The molecule has 70 valence electrons. The average Bonchev–Trinajstić information content (AvgIpc) is 2.05. The van der Waals surface area contributed by atoms with Crippen molar-refractivity contribution in [3.63, 3.8) is 0 Å². The van der Waals surface area contributed by atoms with Crippen LogP contribution in [0.4, 0.5) is 0 Å². The minimum atomic E-state index is -0.289. The van der Waals surface area contributed by atoms with Gasteiger partial charge in [0, 0.05) is 24.9 Å². The van der Waals surface area contributed by atoms with Crippen LogP contribution in [0.5, 0.6) is 0 Å². The second-order valence-electron chi connectivity index (χ2n) is 1.79. The maximum Gasteiger partial charge on any atom is 0.291 e. The van der Waals surface area contributed by atoms with E-state index in [1.165, 1.54) is 0 Å². The van der Waals surface area contributed by atoms with Crippen LogP contribution in [0, 0.1) is 5.41 Å². The van der Waals surface area contributed by atoms with Crippen LogP contribution >= 0.6 is 11.8 Å². The molecule has 0 heterocycles. The first-order valence-electron chi connectivity index (χ1n) is 3.60. The monoisotopic (exact) mass is 191 g/mol. The topological polar surface area (TPSA) is 77.7 Å². The molecule has 0 aromatic carbocycles. The Morgan fingerprint density at radius 1 is 1.67 bits per heavy atom. The Kier molecular flexibility index (Phi) is 6.50. The molecule has 0 unspecified atom stereocenters. The predicted molar refractivity (Wildman–Crippen MR) is 50.7 cm³/mol. The van der Waals surface area contributed by atoms with Crippen molar-refractivity contribution in [1.29, 1.82) is 5.41 Å². The second kappa shape index (κ2) is 6.93. The number of amidine groups is 1. The Morgan fingerprint density at radius 2 is 2.33 bits per heavy atom. The minimum absolute atomic E-state index is 0.289. The van der Waals surface area contributed by atoms with Crippen molar-refractivity contribution in [2.45, 2.75) is 13.8 Å². The van der Waals surface area contributed by atoms with E-state index in [2.05, 4.69) is 15.2 Å². The van der Waals surface area contributed by atoms with Gasteiger partial charge in [0.15, 0.2) is 5.17 Å². The fourth-order valence-corrected chi connectivity index (χ4v) is 1.15. The minimum Gasteiger partial charge on any atom is -0.365 e. The molecule has 0 fully saturated rings. The summed E-state index contributed by atoms with van der Waals surface area (Å²) in [5, 5.41) is 18.3. The molecule has 0 saturated heterocycles. The van der Waals surface area contributed by atoms with E-state index in [-0.39, 0.29) is 5.23 Å². The summed E-state index contributed by atoms with van der Waals surface area (Å²) in [4.78, 5) is 7.74. The zero-order valence-electron chi connectivity index (χ0n) is 7.13. The molecule has 0 aliphatic rings. The van der Waals surface area contributed by atoms with Gasteiger partial charge in [0.05, 0.1) is 0 Å². The summed E-state index contributed by atoms with van der Waals surface area (Å²) in [5.74, 6) is 0. The first-order chi connectivity index (χ1) is 5.74. The lowest BCUT2D eigenvalue weighted by molar-refractivity contribution is -0.151. The number of rotatable bonds is 2. The van der Waals surface area contributed by atoms with E-state index in [1.54, 1.807) is 0 Å². The van der Waals surface area contributed by atoms with Gasteiger partial charge in [0.25, 0.3) is 5.23 Å². The van der Waals surface area contributed by atoms with Gasteiger partial charge in [-0.05, 0) is 13.8 Å². The lowest BCUT2D eigenvalue weighted by Gasteiger charge is -2.04. The number of aliphatic imine (C=N–C) groups is 1. The molecule has 6 heteroatoms. The Balaban J connectivity index is 3.95. The van der Waals surface area contributed by atoms with Crippen molar-refractivity contribution in [3.05, 3.63) is 0 Å². The summed E-state index contributed by atoms with van der Waals surface area (Å²) in [5.41, 5.74) is 0. The molecule has 0 bridgehead atoms. The highest BCUT2D eigenvalue weighted by Gasteiger charge is 2.04. The van der Waals surface area contributed by atoms with Crippen molar-refractivity contribution >= 4 is 22.2 Å². The van der Waals surface area contributed by atoms with Gasteiger partial charge in [-0.15, -0.1) is 0 Å². The highest BCUT2D eigenvalue weighted by molar-refractivity contribution is 8.26. The summed E-state index contributed by atoms with van der Waals surface area (Å²) in [6.45, 7) is 5.18. The summed E-state index contributed by atoms with van der Waals surface area (Å²) >= 11 is 0.944. The van der Waals surface area contributed by atoms with Crippen molar-refractivity contribution < 1.29 is 10.1 Å². The number of thioether (sulfide) groups is 1. The number of nitrogens with one attached hydrogen (secondary N) is 2. The quantitative estimate of drug-likeness (QED) is 0.264. The number of hydrogen-bond acceptors (Lipinski definition) is 5. The fraction of sp³-hybridized carbons (Fsp3) is 0.667. The third-order valence-corrected chi connectivity index (χ3v) is 1.63. The molecule has 0 atom stereocenters. The van der Waals surface area contributed by atoms with Crippen LogP contribution in [0.3, 0.4) is 0 Å². The molecular formula is C6H13N3O2S. The van der Waals surface area contributed by atoms with Crippen LogP contribution in [0.2, 0.25) is 0 Å². The van der Waals surface area contributed by atoms with Gasteiger partial charge in [-0.3, -0.25) is 10.4 Å². The van der Waals surface area contributed by atoms with Gasteiger partial charge in [-0.25, -0.2) is 5.26 Å². The first kappa shape index (κ1) is 11.2. The second-order valence-corrected chi connectivity index (χ2v) is 2.75. The van der Waals surface area contributed by atoms with Gasteiger partial charge in [0.2, 0.25) is 0 Å². The number of nitrogens with zero attached hydrogens (tertiary/aromatic N) is 1. The standard InChI is InChI=1S/C6H13N3O2S/c1-3-8-6(9-4-2)12-5(7)11-10/h7,10H,3-4H2,1-2H3,(H,8,9). The van der Waals surface area contributed by atoms with E-state index in [1.807, 2.05) is 13.8 Å². The zero-order chi connectivity index (χ0) is 9.40. The van der Waals surface area contributed by atoms with Crippen LogP contribution in [-0.2, 0) is 4.89 Å². The largest absolute Gasteiger partial charge is 0.365 e. The van der Waals surface area contributed by atoms with Crippen LogP contribution in [0.25, 0.3) is 0 Å². The van der Waals surface area contributed by atoms with Crippen LogP contribution in [-0.4, -0.2) is 28.7 Å². The maximum absolute atomic E-state index is 8.09. The molecule has 5 nitrogen and oxygen atoms in total. The molecule has 0 amide bonds. The van der Waals surface area contributed by atoms with Crippen LogP contribution in [0.15, 0.2) is 4.99 Å². The SMILES string of the molecule is CCN=C(NCC)SC(=N)OO. The van der Waals surface area contributed by atoms with E-state index >= 15 is 0 Å². The summed E-state index contributed by atoms with van der Waals surface area (Å²) in [7, 11) is 0. The summed E-state index contributed by atoms with van der Waals surface area (Å²) in [6.07, 6.45) is 0. The van der Waals surface area contributed by atoms with E-state index in [0.717, 1.165) is 18.3 Å². The normalized spacial score (nSPS) is 11.1. The molecule has 3 N–H and O–H groups in total. The molecule has 0 aromatic heterocycles. The van der Waals surface area contributed by atoms with Gasteiger partial charge in [-0.1, -0.05) is 0 Å². The Bertz CT molecular complexity index is 172. The van der Waals surface area contributed by atoms with E-state index in [4.69, 9.17) is 10.7 Å². The molecule has 0 aliphatic heterocycles. The highest BCUT2D eigenvalue weighted by Crippen LogP contribution is 2.03. The third-order valence-electron chi connectivity index (χ3n) is 0.902. The summed E-state index contributed by atoms with van der Waals surface area (Å²) < 4.78 is 0. The molecule has 0 aliphatic carbocycles. The molecule has 0 spiro atoms. The van der Waals surface area contributed by atoms with Crippen molar-refractivity contribution in [2.75, 3.05) is 13.1 Å². The first-order valence-corrected chi connectivity index (χ1v) is 4.42. The predicted octanol–water partition coefficient (Wildman–Crippen LogP) is 1.13. The molecular weight excluding hydrogens is 178 g/mol. The lowest BCUT2D eigenvalue weighted by Crippen LogP contribution is -2.21. The van der Waals surface area contributed by atoms with E-state index in [9.17, 15) is 0 Å². The smallest absolute Gasteiger partial charge is 0.291 e. The molecule has 0 aromatic rings. The van der Waals surface area contributed by atoms with Crippen molar-refractivity contribution in [1.82, 2.24) is 5.32 Å². The Hall–Kier alpha value is -0.750. The number of hydrogen-bond donors (Lipinski definition) is 3. The average molecular weight is 191 g/mol. The van der Waals surface area contributed by atoms with Gasteiger partial charge in [-0.2, -0.15) is 0 Å². The molecule has 0 saturated carbocycles. The maximum atomic E-state index is 8.09. The van der Waals surface area contributed by atoms with Crippen LogP contribution < -0.4 is 5.32 Å². The van der Waals surface area contributed by atoms with E-state index in [0.29, 0.717) is 11.7 Å². The summed E-state index contributed by atoms with van der Waals surface area (Å²) in [6, 6.07) is 0. The van der Waals surface area contributed by atoms with Gasteiger partial charge in [0.1, 0.15) is 0 Å². The highest BCUT2D eigenvalue weighted by atomic mass is 32.2. The zero-order valence-corrected chi connectivity index (χ0v) is 7.94. The molecule has 0 rings (SSSR count). The molecule has 12 heavy (non-hydrogen) atoms. The van der Waals surface area contributed by atoms with Gasteiger partial charge < -0.3 is 10.2 Å². The van der Waals surface area contributed by atoms with E-state index < -0.39 is 0 Å². The van der Waals surface area contributed by atoms with Crippen molar-refractivity contribution in [3.8, 4) is 0 Å². The van der Waals surface area contributed by atoms with Crippen LogP contribution in [0.1, 0.15) is 13.8 Å². The Labute approximate surface area is 75.7 Å². The lowest BCUT2D eigenvalue weighted by atomic mass is 10.7. The van der Waals surface area contributed by atoms with Gasteiger partial charge >= 0.3 is 0 Å².